The molecule has 2 amide bonds. The van der Waals surface area contributed by atoms with Crippen LogP contribution in [0.15, 0.2) is 46.6 Å². The van der Waals surface area contributed by atoms with Gasteiger partial charge >= 0.3 is 5.97 Å². The lowest BCUT2D eigenvalue weighted by Gasteiger charge is -2.48. The lowest BCUT2D eigenvalue weighted by Crippen LogP contribution is -2.70. The minimum Gasteiger partial charge on any atom is -0.456 e. The Bertz CT molecular complexity index is 1280. The quantitative estimate of drug-likeness (QED) is 0.111. The van der Waals surface area contributed by atoms with Gasteiger partial charge in [-0.25, -0.2) is 9.78 Å². The SMILES string of the molecule is CCCON=C(C(=O)NC1C(=O)N2C(C(=O)OCc3ccc([N+](=O)[O-])cc3)=CCS[C@@H]12)c1csc(N)n1. The van der Waals surface area contributed by atoms with Crippen LogP contribution in [0.4, 0.5) is 10.8 Å². The van der Waals surface area contributed by atoms with Crippen LogP contribution in [0.25, 0.3) is 0 Å². The monoisotopic (exact) mass is 546 g/mol. The van der Waals surface area contributed by atoms with E-state index in [2.05, 4.69) is 15.5 Å². The van der Waals surface area contributed by atoms with E-state index in [0.29, 0.717) is 24.3 Å². The molecule has 1 fully saturated rings. The van der Waals surface area contributed by atoms with Gasteiger partial charge in [-0.1, -0.05) is 12.1 Å². The lowest BCUT2D eigenvalue weighted by atomic mass is 10.0. The van der Waals surface area contributed by atoms with Gasteiger partial charge in [-0.15, -0.1) is 23.1 Å². The molecule has 0 radical (unpaired) electrons. The predicted molar refractivity (Wildman–Crippen MR) is 135 cm³/mol. The van der Waals surface area contributed by atoms with Crippen molar-refractivity contribution in [2.45, 2.75) is 31.4 Å². The van der Waals surface area contributed by atoms with Crippen LogP contribution in [-0.2, 0) is 30.6 Å². The number of aromatic nitrogens is 1. The van der Waals surface area contributed by atoms with Gasteiger partial charge in [-0.2, -0.15) is 0 Å². The molecule has 37 heavy (non-hydrogen) atoms. The summed E-state index contributed by atoms with van der Waals surface area (Å²) in [5.41, 5.74) is 6.36. The number of amides is 2. The minimum atomic E-state index is -0.893. The first-order valence-electron chi connectivity index (χ1n) is 11.1. The van der Waals surface area contributed by atoms with Crippen LogP contribution in [0.5, 0.6) is 0 Å². The first-order chi connectivity index (χ1) is 17.8. The Morgan fingerprint density at radius 3 is 2.76 bits per heavy atom. The zero-order valence-corrected chi connectivity index (χ0v) is 21.1. The third kappa shape index (κ3) is 5.72. The number of benzene rings is 1. The Kier molecular flexibility index (Phi) is 8.03. The maximum atomic E-state index is 13.0. The number of nitrogens with zero attached hydrogens (tertiary/aromatic N) is 4. The topological polar surface area (TPSA) is 179 Å². The standard InChI is InChI=1S/C22H22N6O7S2/c1-2-8-35-26-16(14-11-37-22(23)24-14)18(29)25-17-19(30)27-15(7-9-36-20(17)27)21(31)34-10-12-3-5-13(6-4-12)28(32)33/h3-7,11,17,20H,2,8-10H2,1H3,(H2,23,24)(H,25,29)/t17?,20-/m0/s1. The molecule has 2 aliphatic rings. The average molecular weight is 547 g/mol. The number of rotatable bonds is 10. The molecule has 13 nitrogen and oxygen atoms in total. The van der Waals surface area contributed by atoms with Crippen molar-refractivity contribution in [3.05, 3.63) is 62.8 Å². The number of nitro benzene ring substituents is 1. The van der Waals surface area contributed by atoms with Crippen molar-refractivity contribution in [1.82, 2.24) is 15.2 Å². The zero-order chi connectivity index (χ0) is 26.5. The smallest absolute Gasteiger partial charge is 0.355 e. The maximum Gasteiger partial charge on any atom is 0.355 e. The minimum absolute atomic E-state index is 0.0763. The van der Waals surface area contributed by atoms with Crippen molar-refractivity contribution in [2.24, 2.45) is 5.16 Å². The Hall–Kier alpha value is -3.98. The van der Waals surface area contributed by atoms with Crippen molar-refractivity contribution in [3.63, 3.8) is 0 Å². The molecule has 2 aliphatic heterocycles. The normalized spacial score (nSPS) is 18.8. The summed E-state index contributed by atoms with van der Waals surface area (Å²) in [6.07, 6.45) is 2.26. The fourth-order valence-electron chi connectivity index (χ4n) is 3.48. The number of carbonyl (C=O) groups is 3. The summed E-state index contributed by atoms with van der Waals surface area (Å²) >= 11 is 2.51. The van der Waals surface area contributed by atoms with Crippen LogP contribution in [0.1, 0.15) is 24.6 Å². The zero-order valence-electron chi connectivity index (χ0n) is 19.5. The highest BCUT2D eigenvalue weighted by molar-refractivity contribution is 8.00. The number of nitro groups is 1. The molecule has 2 atom stereocenters. The summed E-state index contributed by atoms with van der Waals surface area (Å²) in [4.78, 5) is 59.4. The van der Waals surface area contributed by atoms with Gasteiger partial charge in [-0.05, 0) is 30.2 Å². The molecule has 0 bridgehead atoms. The van der Waals surface area contributed by atoms with Crippen LogP contribution in [0, 0.1) is 10.1 Å². The number of thioether (sulfide) groups is 1. The molecule has 0 saturated carbocycles. The van der Waals surface area contributed by atoms with Crippen molar-refractivity contribution in [2.75, 3.05) is 18.1 Å². The van der Waals surface area contributed by atoms with Gasteiger partial charge < -0.3 is 20.6 Å². The van der Waals surface area contributed by atoms with E-state index in [-0.39, 0.29) is 34.5 Å². The van der Waals surface area contributed by atoms with Gasteiger partial charge in [0.05, 0.1) is 4.92 Å². The number of non-ortho nitro benzene ring substituents is 1. The van der Waals surface area contributed by atoms with E-state index >= 15 is 0 Å². The fraction of sp³-hybridized carbons (Fsp3) is 0.318. The number of oxime groups is 1. The van der Waals surface area contributed by atoms with Crippen molar-refractivity contribution in [3.8, 4) is 0 Å². The number of hydrogen-bond donors (Lipinski definition) is 2. The molecule has 3 N–H and O–H groups in total. The number of fused-ring (bicyclic) bond motifs is 1. The second-order valence-electron chi connectivity index (χ2n) is 7.82. The summed E-state index contributed by atoms with van der Waals surface area (Å²) < 4.78 is 5.32. The van der Waals surface area contributed by atoms with Crippen molar-refractivity contribution in [1.29, 1.82) is 0 Å². The predicted octanol–water partition coefficient (Wildman–Crippen LogP) is 1.79. The fourth-order valence-corrected chi connectivity index (χ4v) is 5.22. The molecule has 3 heterocycles. The van der Waals surface area contributed by atoms with Crippen molar-refractivity contribution < 1.29 is 28.9 Å². The van der Waals surface area contributed by atoms with Crippen LogP contribution in [0.2, 0.25) is 0 Å². The number of hydrogen-bond acceptors (Lipinski definition) is 12. The van der Waals surface area contributed by atoms with E-state index in [0.717, 1.165) is 11.3 Å². The molecule has 1 aromatic carbocycles. The van der Waals surface area contributed by atoms with Gasteiger partial charge in [0.1, 0.15) is 36.0 Å². The second-order valence-corrected chi connectivity index (χ2v) is 9.86. The summed E-state index contributed by atoms with van der Waals surface area (Å²) in [7, 11) is 0. The number of anilines is 1. The first-order valence-corrected chi connectivity index (χ1v) is 13.0. The summed E-state index contributed by atoms with van der Waals surface area (Å²) in [6, 6.07) is 4.70. The highest BCUT2D eigenvalue weighted by Gasteiger charge is 2.53. The van der Waals surface area contributed by atoms with Crippen molar-refractivity contribution >= 4 is 57.4 Å². The molecule has 0 aliphatic carbocycles. The molecule has 1 unspecified atom stereocenters. The largest absolute Gasteiger partial charge is 0.456 e. The molecule has 1 aromatic heterocycles. The van der Waals surface area contributed by atoms with Crippen LogP contribution < -0.4 is 11.1 Å². The lowest BCUT2D eigenvalue weighted by molar-refractivity contribution is -0.384. The number of esters is 1. The Morgan fingerprint density at radius 1 is 1.35 bits per heavy atom. The molecular weight excluding hydrogens is 524 g/mol. The van der Waals surface area contributed by atoms with Gasteiger partial charge in [-0.3, -0.25) is 24.6 Å². The Morgan fingerprint density at radius 2 is 2.11 bits per heavy atom. The maximum absolute atomic E-state index is 13.0. The van der Waals surface area contributed by atoms with Crippen LogP contribution in [-0.4, -0.2) is 62.1 Å². The van der Waals surface area contributed by atoms with Gasteiger partial charge in [0.15, 0.2) is 10.8 Å². The molecule has 15 heteroatoms. The molecule has 0 spiro atoms. The Balaban J connectivity index is 1.39. The van der Waals surface area contributed by atoms with Gasteiger partial charge in [0, 0.05) is 23.3 Å². The molecule has 2 aromatic rings. The van der Waals surface area contributed by atoms with Gasteiger partial charge in [0.2, 0.25) is 0 Å². The summed E-state index contributed by atoms with van der Waals surface area (Å²) in [5.74, 6) is -1.42. The average Bonchev–Trinajstić information content (AvgIpc) is 3.33. The van der Waals surface area contributed by atoms with E-state index in [1.807, 2.05) is 6.92 Å². The number of nitrogen functional groups attached to an aromatic ring is 1. The second kappa shape index (κ2) is 11.4. The highest BCUT2D eigenvalue weighted by atomic mass is 32.2. The number of thiazole rings is 1. The van der Waals surface area contributed by atoms with Gasteiger partial charge in [0.25, 0.3) is 17.5 Å². The number of carbonyl (C=O) groups excluding carboxylic acids is 3. The van der Waals surface area contributed by atoms with E-state index in [9.17, 15) is 24.5 Å². The summed E-state index contributed by atoms with van der Waals surface area (Å²) in [6.45, 7) is 2.06. The number of nitrogens with two attached hydrogens (primary N) is 1. The van der Waals surface area contributed by atoms with E-state index in [1.165, 1.54) is 40.9 Å². The van der Waals surface area contributed by atoms with E-state index < -0.39 is 34.1 Å². The molecular formula is C22H22N6O7S2. The summed E-state index contributed by atoms with van der Waals surface area (Å²) in [5, 5.41) is 18.6. The molecule has 4 rings (SSSR count). The number of β-lactam (4-membered cyclic amide) rings is 1. The third-order valence-corrected chi connectivity index (χ3v) is 7.15. The Labute approximate surface area is 218 Å². The molecule has 1 saturated heterocycles. The van der Waals surface area contributed by atoms with E-state index in [4.69, 9.17) is 15.3 Å². The number of nitrogens with one attached hydrogen (secondary N) is 1. The molecule has 194 valence electrons. The van der Waals surface area contributed by atoms with Crippen LogP contribution >= 0.6 is 23.1 Å². The van der Waals surface area contributed by atoms with Crippen LogP contribution in [0.3, 0.4) is 0 Å². The first kappa shape index (κ1) is 26.1. The highest BCUT2D eigenvalue weighted by Crippen LogP contribution is 2.38. The van der Waals surface area contributed by atoms with E-state index in [1.54, 1.807) is 11.5 Å². The number of ether oxygens (including phenoxy) is 1. The third-order valence-electron chi connectivity index (χ3n) is 5.29.